The smallest absolute Gasteiger partial charge is 0.159 e. The van der Waals surface area contributed by atoms with Crippen molar-refractivity contribution in [3.05, 3.63) is 54.0 Å². The number of hydrogen-bond acceptors (Lipinski definition) is 4. The predicted molar refractivity (Wildman–Crippen MR) is 80.3 cm³/mol. The molecule has 108 valence electrons. The lowest BCUT2D eigenvalue weighted by molar-refractivity contribution is 0.295. The van der Waals surface area contributed by atoms with Crippen molar-refractivity contribution in [3.63, 3.8) is 0 Å². The summed E-state index contributed by atoms with van der Waals surface area (Å²) >= 11 is 0. The van der Waals surface area contributed by atoms with Gasteiger partial charge in [-0.25, -0.2) is 15.0 Å². The van der Waals surface area contributed by atoms with Crippen LogP contribution in [0.15, 0.2) is 36.8 Å². The number of aryl methyl sites for hydroxylation is 2. The van der Waals surface area contributed by atoms with Gasteiger partial charge in [0.1, 0.15) is 18.1 Å². The van der Waals surface area contributed by atoms with Crippen molar-refractivity contribution in [2.75, 3.05) is 0 Å². The maximum absolute atomic E-state index is 5.86. The molecule has 0 fully saturated rings. The van der Waals surface area contributed by atoms with E-state index in [4.69, 9.17) is 4.74 Å². The van der Waals surface area contributed by atoms with E-state index in [1.807, 2.05) is 41.9 Å². The molecule has 0 saturated carbocycles. The van der Waals surface area contributed by atoms with Gasteiger partial charge >= 0.3 is 0 Å². The predicted octanol–water partition coefficient (Wildman–Crippen LogP) is 2.96. The van der Waals surface area contributed by atoms with Gasteiger partial charge in [-0.3, -0.25) is 0 Å². The second kappa shape index (κ2) is 5.91. The Hall–Kier alpha value is -2.43. The molecule has 3 aromatic heterocycles. The van der Waals surface area contributed by atoms with Crippen LogP contribution >= 0.6 is 0 Å². The molecule has 0 aromatic carbocycles. The van der Waals surface area contributed by atoms with Crippen molar-refractivity contribution in [1.82, 2.24) is 19.4 Å². The van der Waals surface area contributed by atoms with Crippen LogP contribution in [-0.4, -0.2) is 19.4 Å². The molecule has 3 heterocycles. The number of imidazole rings is 1. The van der Waals surface area contributed by atoms with Crippen molar-refractivity contribution in [3.8, 4) is 5.75 Å². The molecule has 3 rings (SSSR count). The molecule has 5 nitrogen and oxygen atoms in total. The lowest BCUT2D eigenvalue weighted by atomic mass is 10.2. The Bertz CT molecular complexity index is 718. The van der Waals surface area contributed by atoms with Gasteiger partial charge in [-0.15, -0.1) is 0 Å². The van der Waals surface area contributed by atoms with Crippen LogP contribution < -0.4 is 4.74 Å². The third-order valence-corrected chi connectivity index (χ3v) is 3.23. The standard InChI is InChI=1S/C16H18N4O/c1-3-6-14-15(9-17-12(2)18-14)21-11-13-10-20-8-5-4-7-16(20)19-13/h4-5,7-10H,3,6,11H2,1-2H3. The Morgan fingerprint density at radius 3 is 2.95 bits per heavy atom. The molecule has 0 aliphatic carbocycles. The van der Waals surface area contributed by atoms with E-state index in [2.05, 4.69) is 21.9 Å². The van der Waals surface area contributed by atoms with Crippen molar-refractivity contribution in [2.45, 2.75) is 33.3 Å². The maximum atomic E-state index is 5.86. The number of rotatable bonds is 5. The van der Waals surface area contributed by atoms with Gasteiger partial charge in [0.25, 0.3) is 0 Å². The molecule has 0 radical (unpaired) electrons. The Labute approximate surface area is 123 Å². The summed E-state index contributed by atoms with van der Waals surface area (Å²) in [5.41, 5.74) is 2.78. The molecule has 0 spiro atoms. The molecule has 0 bridgehead atoms. The maximum Gasteiger partial charge on any atom is 0.159 e. The van der Waals surface area contributed by atoms with E-state index in [0.717, 1.165) is 41.5 Å². The number of fused-ring (bicyclic) bond motifs is 1. The van der Waals surface area contributed by atoms with Gasteiger partial charge in [-0.05, 0) is 25.5 Å². The minimum Gasteiger partial charge on any atom is -0.484 e. The largest absolute Gasteiger partial charge is 0.484 e. The summed E-state index contributed by atoms with van der Waals surface area (Å²) in [5.74, 6) is 1.53. The normalized spacial score (nSPS) is 11.0. The molecular weight excluding hydrogens is 264 g/mol. The van der Waals surface area contributed by atoms with Crippen LogP contribution in [-0.2, 0) is 13.0 Å². The van der Waals surface area contributed by atoms with Crippen LogP contribution in [0.4, 0.5) is 0 Å². The average molecular weight is 282 g/mol. The first kappa shape index (κ1) is 13.5. The monoisotopic (exact) mass is 282 g/mol. The van der Waals surface area contributed by atoms with E-state index in [-0.39, 0.29) is 0 Å². The molecule has 21 heavy (non-hydrogen) atoms. The molecule has 0 saturated heterocycles. The summed E-state index contributed by atoms with van der Waals surface area (Å²) in [5, 5.41) is 0. The van der Waals surface area contributed by atoms with E-state index in [1.165, 1.54) is 0 Å². The third-order valence-electron chi connectivity index (χ3n) is 3.23. The fraction of sp³-hybridized carbons (Fsp3) is 0.312. The lowest BCUT2D eigenvalue weighted by Crippen LogP contribution is -2.03. The van der Waals surface area contributed by atoms with Gasteiger partial charge in [-0.1, -0.05) is 19.4 Å². The topological polar surface area (TPSA) is 52.3 Å². The summed E-state index contributed by atoms with van der Waals surface area (Å²) in [6, 6.07) is 5.92. The van der Waals surface area contributed by atoms with Crippen LogP contribution in [0.5, 0.6) is 5.75 Å². The summed E-state index contributed by atoms with van der Waals surface area (Å²) < 4.78 is 7.84. The molecule has 3 aromatic rings. The van der Waals surface area contributed by atoms with Crippen LogP contribution in [0.2, 0.25) is 0 Å². The highest BCUT2D eigenvalue weighted by Crippen LogP contribution is 2.18. The van der Waals surface area contributed by atoms with E-state index in [0.29, 0.717) is 6.61 Å². The molecule has 0 atom stereocenters. The molecule has 0 aliphatic rings. The van der Waals surface area contributed by atoms with E-state index < -0.39 is 0 Å². The first-order valence-corrected chi connectivity index (χ1v) is 7.14. The summed E-state index contributed by atoms with van der Waals surface area (Å²) in [4.78, 5) is 13.2. The van der Waals surface area contributed by atoms with Gasteiger partial charge in [0, 0.05) is 12.4 Å². The summed E-state index contributed by atoms with van der Waals surface area (Å²) in [6.45, 7) is 4.44. The summed E-state index contributed by atoms with van der Waals surface area (Å²) in [7, 11) is 0. The van der Waals surface area contributed by atoms with Gasteiger partial charge in [0.15, 0.2) is 5.75 Å². The Morgan fingerprint density at radius 2 is 2.14 bits per heavy atom. The summed E-state index contributed by atoms with van der Waals surface area (Å²) in [6.07, 6.45) is 7.63. The molecule has 0 amide bonds. The van der Waals surface area contributed by atoms with Gasteiger partial charge in [0.2, 0.25) is 0 Å². The molecule has 0 unspecified atom stereocenters. The van der Waals surface area contributed by atoms with Gasteiger partial charge in [-0.2, -0.15) is 0 Å². The highest BCUT2D eigenvalue weighted by atomic mass is 16.5. The van der Waals surface area contributed by atoms with E-state index in [9.17, 15) is 0 Å². The Kier molecular flexibility index (Phi) is 3.81. The van der Waals surface area contributed by atoms with E-state index in [1.54, 1.807) is 6.20 Å². The minimum absolute atomic E-state index is 0.421. The third kappa shape index (κ3) is 3.02. The quantitative estimate of drug-likeness (QED) is 0.722. The van der Waals surface area contributed by atoms with Crippen molar-refractivity contribution >= 4 is 5.65 Å². The van der Waals surface area contributed by atoms with Crippen LogP contribution in [0.3, 0.4) is 0 Å². The lowest BCUT2D eigenvalue weighted by Gasteiger charge is -2.09. The zero-order valence-electron chi connectivity index (χ0n) is 12.3. The first-order valence-electron chi connectivity index (χ1n) is 7.14. The molecular formula is C16H18N4O. The first-order chi connectivity index (χ1) is 10.3. The zero-order valence-corrected chi connectivity index (χ0v) is 12.3. The molecule has 5 heteroatoms. The highest BCUT2D eigenvalue weighted by Gasteiger charge is 2.08. The number of nitrogens with zero attached hydrogens (tertiary/aromatic N) is 4. The zero-order chi connectivity index (χ0) is 14.7. The number of ether oxygens (including phenoxy) is 1. The average Bonchev–Trinajstić information content (AvgIpc) is 2.89. The Morgan fingerprint density at radius 1 is 1.24 bits per heavy atom. The van der Waals surface area contributed by atoms with Crippen molar-refractivity contribution in [1.29, 1.82) is 0 Å². The number of pyridine rings is 1. The fourth-order valence-corrected chi connectivity index (χ4v) is 2.25. The van der Waals surface area contributed by atoms with E-state index >= 15 is 0 Å². The van der Waals surface area contributed by atoms with Gasteiger partial charge < -0.3 is 9.14 Å². The fourth-order valence-electron chi connectivity index (χ4n) is 2.25. The molecule has 0 aliphatic heterocycles. The van der Waals surface area contributed by atoms with Crippen molar-refractivity contribution in [2.24, 2.45) is 0 Å². The number of aromatic nitrogens is 4. The van der Waals surface area contributed by atoms with Crippen LogP contribution in [0.1, 0.15) is 30.6 Å². The SMILES string of the molecule is CCCc1nc(C)ncc1OCc1cn2ccccc2n1. The van der Waals surface area contributed by atoms with Gasteiger partial charge in [0.05, 0.1) is 17.6 Å². The molecule has 0 N–H and O–H groups in total. The van der Waals surface area contributed by atoms with Crippen LogP contribution in [0.25, 0.3) is 5.65 Å². The second-order valence-electron chi connectivity index (χ2n) is 4.97. The second-order valence-corrected chi connectivity index (χ2v) is 4.97. The minimum atomic E-state index is 0.421. The Balaban J connectivity index is 1.77. The van der Waals surface area contributed by atoms with Crippen molar-refractivity contribution < 1.29 is 4.74 Å². The highest BCUT2D eigenvalue weighted by molar-refractivity contribution is 5.39. The van der Waals surface area contributed by atoms with Crippen LogP contribution in [0, 0.1) is 6.92 Å². The number of hydrogen-bond donors (Lipinski definition) is 0.